The number of rotatable bonds is 5. The van der Waals surface area contributed by atoms with E-state index in [4.69, 9.17) is 4.74 Å². The molecule has 2 aromatic rings. The second-order valence-electron chi connectivity index (χ2n) is 3.27. The van der Waals surface area contributed by atoms with Crippen molar-refractivity contribution in [1.29, 1.82) is 0 Å². The van der Waals surface area contributed by atoms with Crippen LogP contribution in [0.15, 0.2) is 23.8 Å². The lowest BCUT2D eigenvalue weighted by atomic mass is 10.4. The second-order valence-corrected chi connectivity index (χ2v) is 4.30. The first-order chi connectivity index (χ1) is 8.72. The van der Waals surface area contributed by atoms with Crippen LogP contribution in [0.25, 0.3) is 0 Å². The van der Waals surface area contributed by atoms with E-state index < -0.39 is 4.92 Å². The van der Waals surface area contributed by atoms with Crippen LogP contribution in [0, 0.1) is 10.1 Å². The van der Waals surface area contributed by atoms with Crippen LogP contribution in [0.2, 0.25) is 0 Å². The van der Waals surface area contributed by atoms with Gasteiger partial charge in [-0.1, -0.05) is 6.07 Å². The van der Waals surface area contributed by atoms with Crippen LogP contribution in [0.5, 0.6) is 5.88 Å². The van der Waals surface area contributed by atoms with Crippen molar-refractivity contribution in [1.82, 2.24) is 9.97 Å². The Bertz CT molecular complexity index is 544. The highest BCUT2D eigenvalue weighted by Crippen LogP contribution is 2.30. The first-order valence-corrected chi connectivity index (χ1v) is 5.90. The standard InChI is InChI=1S/C10H10N4O3S/c1-17-10-8(14(15)16)9(12-6-13-10)11-5-7-3-2-4-18-7/h2-4,6H,5H2,1H3,(H,11,12,13). The molecular weight excluding hydrogens is 256 g/mol. The molecule has 0 saturated heterocycles. The molecule has 0 saturated carbocycles. The summed E-state index contributed by atoms with van der Waals surface area (Å²) in [6, 6.07) is 3.85. The third kappa shape index (κ3) is 2.54. The summed E-state index contributed by atoms with van der Waals surface area (Å²) in [6.07, 6.45) is 1.22. The molecule has 0 spiro atoms. The third-order valence-electron chi connectivity index (χ3n) is 2.17. The van der Waals surface area contributed by atoms with E-state index in [9.17, 15) is 10.1 Å². The molecule has 0 amide bonds. The smallest absolute Gasteiger partial charge is 0.372 e. The number of methoxy groups -OCH3 is 1. The van der Waals surface area contributed by atoms with Gasteiger partial charge in [0, 0.05) is 4.88 Å². The van der Waals surface area contributed by atoms with Crippen LogP contribution < -0.4 is 10.1 Å². The van der Waals surface area contributed by atoms with Gasteiger partial charge in [0.25, 0.3) is 5.88 Å². The lowest BCUT2D eigenvalue weighted by Crippen LogP contribution is -2.06. The maximum absolute atomic E-state index is 11.0. The number of nitro groups is 1. The molecule has 0 atom stereocenters. The summed E-state index contributed by atoms with van der Waals surface area (Å²) < 4.78 is 4.85. The number of thiophene rings is 1. The van der Waals surface area contributed by atoms with Crippen molar-refractivity contribution in [2.45, 2.75) is 6.54 Å². The minimum Gasteiger partial charge on any atom is -0.476 e. The number of anilines is 1. The predicted molar refractivity (Wildman–Crippen MR) is 66.9 cm³/mol. The molecule has 0 fully saturated rings. The van der Waals surface area contributed by atoms with Gasteiger partial charge >= 0.3 is 5.69 Å². The molecule has 94 valence electrons. The van der Waals surface area contributed by atoms with Crippen molar-refractivity contribution in [3.05, 3.63) is 38.8 Å². The second kappa shape index (κ2) is 5.41. The molecule has 2 rings (SSSR count). The average Bonchev–Trinajstić information content (AvgIpc) is 2.88. The molecule has 1 N–H and O–H groups in total. The number of hydrogen-bond acceptors (Lipinski definition) is 7. The van der Waals surface area contributed by atoms with E-state index in [-0.39, 0.29) is 17.4 Å². The minimum absolute atomic E-state index is 0.0521. The van der Waals surface area contributed by atoms with Crippen LogP contribution in [-0.4, -0.2) is 22.0 Å². The maximum Gasteiger partial charge on any atom is 0.372 e. The molecule has 0 bridgehead atoms. The molecule has 2 aromatic heterocycles. The highest BCUT2D eigenvalue weighted by Gasteiger charge is 2.23. The summed E-state index contributed by atoms with van der Waals surface area (Å²) in [5.74, 6) is 0.101. The van der Waals surface area contributed by atoms with Gasteiger partial charge in [0.2, 0.25) is 5.82 Å². The summed E-state index contributed by atoms with van der Waals surface area (Å²) in [4.78, 5) is 19.0. The molecule has 2 heterocycles. The van der Waals surface area contributed by atoms with Gasteiger partial charge in [-0.2, -0.15) is 4.98 Å². The van der Waals surface area contributed by atoms with Crippen LogP contribution in [0.3, 0.4) is 0 Å². The van der Waals surface area contributed by atoms with Crippen molar-refractivity contribution < 1.29 is 9.66 Å². The zero-order valence-electron chi connectivity index (χ0n) is 9.49. The lowest BCUT2D eigenvalue weighted by Gasteiger charge is -2.06. The monoisotopic (exact) mass is 266 g/mol. The molecule has 7 nitrogen and oxygen atoms in total. The predicted octanol–water partition coefficient (Wildman–Crippen LogP) is 2.07. The average molecular weight is 266 g/mol. The Hall–Kier alpha value is -2.22. The van der Waals surface area contributed by atoms with E-state index in [0.717, 1.165) is 4.88 Å². The molecule has 0 radical (unpaired) electrons. The highest BCUT2D eigenvalue weighted by atomic mass is 32.1. The van der Waals surface area contributed by atoms with Crippen molar-refractivity contribution in [2.75, 3.05) is 12.4 Å². The van der Waals surface area contributed by atoms with Crippen LogP contribution in [0.4, 0.5) is 11.5 Å². The molecular formula is C10H10N4O3S. The van der Waals surface area contributed by atoms with E-state index >= 15 is 0 Å². The van der Waals surface area contributed by atoms with E-state index in [0.29, 0.717) is 6.54 Å². The van der Waals surface area contributed by atoms with Gasteiger partial charge in [0.05, 0.1) is 18.6 Å². The van der Waals surface area contributed by atoms with E-state index in [1.807, 2.05) is 17.5 Å². The van der Waals surface area contributed by atoms with Crippen molar-refractivity contribution >= 4 is 22.8 Å². The Morgan fingerprint density at radius 1 is 1.56 bits per heavy atom. The molecule has 8 heteroatoms. The number of aromatic nitrogens is 2. The molecule has 0 aliphatic carbocycles. The number of hydrogen-bond donors (Lipinski definition) is 1. The van der Waals surface area contributed by atoms with Gasteiger partial charge in [0.1, 0.15) is 6.33 Å². The van der Waals surface area contributed by atoms with Gasteiger partial charge in [-0.15, -0.1) is 11.3 Å². The normalized spacial score (nSPS) is 10.1. The maximum atomic E-state index is 11.0. The highest BCUT2D eigenvalue weighted by molar-refractivity contribution is 7.09. The van der Waals surface area contributed by atoms with Gasteiger partial charge in [-0.25, -0.2) is 4.98 Å². The van der Waals surface area contributed by atoms with Crippen molar-refractivity contribution in [3.63, 3.8) is 0 Å². The Labute approximate surface area is 107 Å². The largest absolute Gasteiger partial charge is 0.476 e. The van der Waals surface area contributed by atoms with E-state index in [1.165, 1.54) is 13.4 Å². The number of ether oxygens (including phenoxy) is 1. The fourth-order valence-electron chi connectivity index (χ4n) is 1.39. The minimum atomic E-state index is -0.560. The van der Waals surface area contributed by atoms with Gasteiger partial charge in [-0.05, 0) is 11.4 Å². The summed E-state index contributed by atoms with van der Waals surface area (Å²) in [5, 5.41) is 15.8. The molecule has 0 aromatic carbocycles. The molecule has 18 heavy (non-hydrogen) atoms. The summed E-state index contributed by atoms with van der Waals surface area (Å²) in [7, 11) is 1.33. The first-order valence-electron chi connectivity index (χ1n) is 5.02. The first kappa shape index (κ1) is 12.2. The molecule has 0 aliphatic rings. The lowest BCUT2D eigenvalue weighted by molar-refractivity contribution is -0.385. The van der Waals surface area contributed by atoms with Crippen molar-refractivity contribution in [2.24, 2.45) is 0 Å². The van der Waals surface area contributed by atoms with Crippen LogP contribution in [0.1, 0.15) is 4.88 Å². The van der Waals surface area contributed by atoms with E-state index in [1.54, 1.807) is 11.3 Å². The summed E-state index contributed by atoms with van der Waals surface area (Å²) in [6.45, 7) is 0.471. The Kier molecular flexibility index (Phi) is 3.68. The Balaban J connectivity index is 2.24. The zero-order chi connectivity index (χ0) is 13.0. The Morgan fingerprint density at radius 2 is 2.39 bits per heavy atom. The van der Waals surface area contributed by atoms with E-state index in [2.05, 4.69) is 15.3 Å². The Morgan fingerprint density at radius 3 is 3.00 bits per heavy atom. The molecule has 0 aliphatic heterocycles. The van der Waals surface area contributed by atoms with Gasteiger partial charge in [0.15, 0.2) is 0 Å². The quantitative estimate of drug-likeness (QED) is 0.658. The third-order valence-corrected chi connectivity index (χ3v) is 3.05. The fraction of sp³-hybridized carbons (Fsp3) is 0.200. The number of nitrogens with zero attached hydrogens (tertiary/aromatic N) is 3. The van der Waals surface area contributed by atoms with Gasteiger partial charge < -0.3 is 10.1 Å². The molecule has 0 unspecified atom stereocenters. The summed E-state index contributed by atoms with van der Waals surface area (Å²) in [5.41, 5.74) is -0.253. The van der Waals surface area contributed by atoms with Crippen molar-refractivity contribution in [3.8, 4) is 5.88 Å². The summed E-state index contributed by atoms with van der Waals surface area (Å²) >= 11 is 1.56. The van der Waals surface area contributed by atoms with Gasteiger partial charge in [-0.3, -0.25) is 10.1 Å². The fourth-order valence-corrected chi connectivity index (χ4v) is 2.03. The topological polar surface area (TPSA) is 90.2 Å². The number of nitrogens with one attached hydrogen (secondary N) is 1. The van der Waals surface area contributed by atoms with Crippen LogP contribution in [-0.2, 0) is 6.54 Å². The van der Waals surface area contributed by atoms with Crippen LogP contribution >= 0.6 is 11.3 Å². The SMILES string of the molecule is COc1ncnc(NCc2cccs2)c1[N+](=O)[O-]. The zero-order valence-corrected chi connectivity index (χ0v) is 10.3.